The third-order valence-electron chi connectivity index (χ3n) is 4.12. The normalized spacial score (nSPS) is 12.4. The van der Waals surface area contributed by atoms with Gasteiger partial charge in [-0.25, -0.2) is 9.18 Å². The van der Waals surface area contributed by atoms with Gasteiger partial charge < -0.3 is 19.1 Å². The van der Waals surface area contributed by atoms with Crippen LogP contribution in [0.15, 0.2) is 42.5 Å². The molecule has 0 unspecified atom stereocenters. The predicted molar refractivity (Wildman–Crippen MR) is 95.2 cm³/mol. The topological polar surface area (TPSA) is 65.1 Å². The number of carbonyl (C=O) groups is 2. The van der Waals surface area contributed by atoms with E-state index in [1.807, 2.05) is 25.1 Å². The fourth-order valence-electron chi connectivity index (χ4n) is 2.67. The van der Waals surface area contributed by atoms with Crippen molar-refractivity contribution in [3.05, 3.63) is 59.4 Å². The molecule has 0 aliphatic carbocycles. The molecule has 1 aliphatic rings. The highest BCUT2D eigenvalue weighted by molar-refractivity contribution is 5.91. The van der Waals surface area contributed by atoms with E-state index in [9.17, 15) is 14.0 Å². The first-order valence-corrected chi connectivity index (χ1v) is 8.66. The smallest absolute Gasteiger partial charge is 0.338 e. The molecule has 7 heteroatoms. The van der Waals surface area contributed by atoms with Crippen LogP contribution in [0.3, 0.4) is 0 Å². The van der Waals surface area contributed by atoms with Gasteiger partial charge in [-0.1, -0.05) is 6.07 Å². The van der Waals surface area contributed by atoms with Crippen molar-refractivity contribution in [3.63, 3.8) is 0 Å². The Morgan fingerprint density at radius 1 is 1.07 bits per heavy atom. The maximum atomic E-state index is 12.9. The lowest BCUT2D eigenvalue weighted by Gasteiger charge is -2.23. The Labute approximate surface area is 156 Å². The standard InChI is InChI=1S/C20H20FNO5/c1-2-22(12-14-3-8-17-18(11-14)26-10-9-25-17)19(23)13-27-20(24)15-4-6-16(21)7-5-15/h3-8,11H,2,9-10,12-13H2,1H3. The third kappa shape index (κ3) is 4.75. The summed E-state index contributed by atoms with van der Waals surface area (Å²) in [7, 11) is 0. The highest BCUT2D eigenvalue weighted by Gasteiger charge is 2.18. The van der Waals surface area contributed by atoms with Crippen LogP contribution in [0.5, 0.6) is 11.5 Å². The number of halogens is 1. The molecule has 1 amide bonds. The van der Waals surface area contributed by atoms with Crippen LogP contribution >= 0.6 is 0 Å². The molecular weight excluding hydrogens is 353 g/mol. The second kappa shape index (κ2) is 8.53. The highest BCUT2D eigenvalue weighted by Crippen LogP contribution is 2.31. The van der Waals surface area contributed by atoms with Crippen LogP contribution in [-0.2, 0) is 16.1 Å². The average Bonchev–Trinajstić information content (AvgIpc) is 2.70. The molecule has 2 aromatic rings. The van der Waals surface area contributed by atoms with Crippen molar-refractivity contribution >= 4 is 11.9 Å². The van der Waals surface area contributed by atoms with Crippen LogP contribution in [0.1, 0.15) is 22.8 Å². The molecule has 6 nitrogen and oxygen atoms in total. The summed E-state index contributed by atoms with van der Waals surface area (Å²) in [4.78, 5) is 25.9. The van der Waals surface area contributed by atoms with Crippen molar-refractivity contribution < 1.29 is 28.2 Å². The van der Waals surface area contributed by atoms with Crippen molar-refractivity contribution in [2.45, 2.75) is 13.5 Å². The Hall–Kier alpha value is -3.09. The third-order valence-corrected chi connectivity index (χ3v) is 4.12. The van der Waals surface area contributed by atoms with Gasteiger partial charge in [0.05, 0.1) is 5.56 Å². The van der Waals surface area contributed by atoms with Crippen LogP contribution in [0.2, 0.25) is 0 Å². The molecule has 1 heterocycles. The number of hydrogen-bond donors (Lipinski definition) is 0. The maximum Gasteiger partial charge on any atom is 0.338 e. The maximum absolute atomic E-state index is 12.9. The molecule has 0 radical (unpaired) electrons. The van der Waals surface area contributed by atoms with Crippen molar-refractivity contribution in [1.82, 2.24) is 4.90 Å². The lowest BCUT2D eigenvalue weighted by atomic mass is 10.1. The number of rotatable bonds is 6. The molecule has 0 aromatic heterocycles. The van der Waals surface area contributed by atoms with Crippen LogP contribution in [0.4, 0.5) is 4.39 Å². The van der Waals surface area contributed by atoms with Gasteiger partial charge in [0.15, 0.2) is 18.1 Å². The van der Waals surface area contributed by atoms with Crippen LogP contribution in [-0.4, -0.2) is 43.1 Å². The molecule has 1 aliphatic heterocycles. The molecule has 142 valence electrons. The fraction of sp³-hybridized carbons (Fsp3) is 0.300. The van der Waals surface area contributed by atoms with Gasteiger partial charge in [-0.05, 0) is 48.9 Å². The number of nitrogens with zero attached hydrogens (tertiary/aromatic N) is 1. The van der Waals surface area contributed by atoms with Gasteiger partial charge in [-0.2, -0.15) is 0 Å². The number of carbonyl (C=O) groups excluding carboxylic acids is 2. The Morgan fingerprint density at radius 2 is 1.78 bits per heavy atom. The molecule has 3 rings (SSSR count). The zero-order valence-electron chi connectivity index (χ0n) is 14.9. The van der Waals surface area contributed by atoms with E-state index in [1.165, 1.54) is 24.3 Å². The lowest BCUT2D eigenvalue weighted by Crippen LogP contribution is -2.34. The number of hydrogen-bond acceptors (Lipinski definition) is 5. The van der Waals surface area contributed by atoms with Crippen molar-refractivity contribution in [1.29, 1.82) is 0 Å². The van der Waals surface area contributed by atoms with Gasteiger partial charge in [0.2, 0.25) is 0 Å². The predicted octanol–water partition coefficient (Wildman–Crippen LogP) is 2.80. The minimum absolute atomic E-state index is 0.194. The molecule has 0 saturated carbocycles. The summed E-state index contributed by atoms with van der Waals surface area (Å²) in [5, 5.41) is 0. The van der Waals surface area contributed by atoms with Crippen molar-refractivity contribution in [2.75, 3.05) is 26.4 Å². The zero-order valence-corrected chi connectivity index (χ0v) is 14.9. The monoisotopic (exact) mass is 373 g/mol. The van der Waals surface area contributed by atoms with Crippen LogP contribution < -0.4 is 9.47 Å². The van der Waals surface area contributed by atoms with Gasteiger partial charge in [-0.3, -0.25) is 4.79 Å². The molecule has 0 N–H and O–H groups in total. The summed E-state index contributed by atoms with van der Waals surface area (Å²) in [5.41, 5.74) is 1.08. The van der Waals surface area contributed by atoms with E-state index in [0.29, 0.717) is 37.8 Å². The number of fused-ring (bicyclic) bond motifs is 1. The number of benzene rings is 2. The quantitative estimate of drug-likeness (QED) is 0.729. The number of amides is 1. The Balaban J connectivity index is 1.57. The van der Waals surface area contributed by atoms with E-state index in [0.717, 1.165) is 5.56 Å². The summed E-state index contributed by atoms with van der Waals surface area (Å²) in [6, 6.07) is 10.5. The fourth-order valence-corrected chi connectivity index (χ4v) is 2.67. The van der Waals surface area contributed by atoms with Crippen molar-refractivity contribution in [2.24, 2.45) is 0 Å². The molecule has 0 spiro atoms. The molecular formula is C20H20FNO5. The van der Waals surface area contributed by atoms with E-state index in [4.69, 9.17) is 14.2 Å². The summed E-state index contributed by atoms with van der Waals surface area (Å²) < 4.78 is 29.0. The summed E-state index contributed by atoms with van der Waals surface area (Å²) >= 11 is 0. The molecule has 0 bridgehead atoms. The van der Waals surface area contributed by atoms with E-state index < -0.39 is 11.8 Å². The van der Waals surface area contributed by atoms with Gasteiger partial charge in [0.1, 0.15) is 19.0 Å². The first-order valence-electron chi connectivity index (χ1n) is 8.66. The molecule has 27 heavy (non-hydrogen) atoms. The highest BCUT2D eigenvalue weighted by atomic mass is 19.1. The number of ether oxygens (including phenoxy) is 3. The number of esters is 1. The zero-order chi connectivity index (χ0) is 19.2. The molecule has 0 atom stereocenters. The Kier molecular flexibility index (Phi) is 5.90. The van der Waals surface area contributed by atoms with E-state index in [2.05, 4.69) is 0 Å². The summed E-state index contributed by atoms with van der Waals surface area (Å²) in [6.45, 7) is 3.30. The SMILES string of the molecule is CCN(Cc1ccc2c(c1)OCCO2)C(=O)COC(=O)c1ccc(F)cc1. The minimum Gasteiger partial charge on any atom is -0.486 e. The van der Waals surface area contributed by atoms with E-state index in [-0.39, 0.29) is 18.1 Å². The van der Waals surface area contributed by atoms with Crippen LogP contribution in [0.25, 0.3) is 0 Å². The average molecular weight is 373 g/mol. The van der Waals surface area contributed by atoms with Crippen LogP contribution in [0, 0.1) is 5.82 Å². The molecule has 2 aromatic carbocycles. The summed E-state index contributed by atoms with van der Waals surface area (Å²) in [5.74, 6) is -0.0848. The van der Waals surface area contributed by atoms with Gasteiger partial charge >= 0.3 is 5.97 Å². The van der Waals surface area contributed by atoms with E-state index in [1.54, 1.807) is 4.90 Å². The first kappa shape index (κ1) is 18.7. The second-order valence-corrected chi connectivity index (χ2v) is 5.97. The summed E-state index contributed by atoms with van der Waals surface area (Å²) in [6.07, 6.45) is 0. The van der Waals surface area contributed by atoms with Gasteiger partial charge in [0.25, 0.3) is 5.91 Å². The van der Waals surface area contributed by atoms with Gasteiger partial charge in [0, 0.05) is 13.1 Å². The van der Waals surface area contributed by atoms with Gasteiger partial charge in [-0.15, -0.1) is 0 Å². The molecule has 0 saturated heterocycles. The first-order chi connectivity index (χ1) is 13.1. The number of likely N-dealkylation sites (N-methyl/N-ethyl adjacent to an activating group) is 1. The van der Waals surface area contributed by atoms with Crippen molar-refractivity contribution in [3.8, 4) is 11.5 Å². The second-order valence-electron chi connectivity index (χ2n) is 5.97. The Bertz CT molecular complexity index is 822. The lowest BCUT2D eigenvalue weighted by molar-refractivity contribution is -0.134. The van der Waals surface area contributed by atoms with E-state index >= 15 is 0 Å². The Morgan fingerprint density at radius 3 is 2.48 bits per heavy atom. The minimum atomic E-state index is -0.668. The largest absolute Gasteiger partial charge is 0.486 e. The molecule has 0 fully saturated rings.